The summed E-state index contributed by atoms with van der Waals surface area (Å²) < 4.78 is 7.49. The largest absolute Gasteiger partial charge is 0.372 e. The fourth-order valence-electron chi connectivity index (χ4n) is 2.80. The lowest BCUT2D eigenvalue weighted by molar-refractivity contribution is 0.134. The van der Waals surface area contributed by atoms with Crippen LogP contribution in [0, 0.1) is 6.92 Å². The molecular weight excluding hydrogens is 250 g/mol. The van der Waals surface area contributed by atoms with E-state index < -0.39 is 0 Å². The molecule has 1 unspecified atom stereocenters. The topological polar surface area (TPSA) is 53.1 Å². The Morgan fingerprint density at radius 3 is 2.90 bits per heavy atom. The van der Waals surface area contributed by atoms with Crippen LogP contribution in [0.3, 0.4) is 0 Å². The molecule has 0 radical (unpaired) electrons. The van der Waals surface area contributed by atoms with Gasteiger partial charge in [0.1, 0.15) is 0 Å². The van der Waals surface area contributed by atoms with Crippen LogP contribution < -0.4 is 5.73 Å². The van der Waals surface area contributed by atoms with Crippen LogP contribution in [-0.4, -0.2) is 9.78 Å². The van der Waals surface area contributed by atoms with Crippen molar-refractivity contribution >= 4 is 0 Å². The van der Waals surface area contributed by atoms with E-state index in [1.807, 2.05) is 11.6 Å². The molecule has 1 aliphatic heterocycles. The summed E-state index contributed by atoms with van der Waals surface area (Å²) in [4.78, 5) is 0. The van der Waals surface area contributed by atoms with Crippen molar-refractivity contribution in [3.63, 3.8) is 0 Å². The van der Waals surface area contributed by atoms with Crippen molar-refractivity contribution < 1.29 is 4.74 Å². The average molecular weight is 271 g/mol. The number of hydrogen-bond donors (Lipinski definition) is 1. The Kier molecular flexibility index (Phi) is 3.59. The average Bonchev–Trinajstić information content (AvgIpc) is 3.03. The maximum absolute atomic E-state index is 6.37. The zero-order valence-electron chi connectivity index (χ0n) is 12.1. The minimum Gasteiger partial charge on any atom is -0.372 e. The molecular formula is C16H21N3O. The second-order valence-corrected chi connectivity index (χ2v) is 5.42. The van der Waals surface area contributed by atoms with Gasteiger partial charge in [0.05, 0.1) is 18.9 Å². The standard InChI is InChI=1S/C16H21N3O/c1-3-19-15(6-11(2)18-19)8-16(17)12-4-5-13-9-20-10-14(13)7-12/h4-7,16H,3,8-10,17H2,1-2H3. The van der Waals surface area contributed by atoms with Gasteiger partial charge in [-0.05, 0) is 36.6 Å². The molecule has 4 heteroatoms. The third-order valence-electron chi connectivity index (χ3n) is 3.89. The number of nitrogens with zero attached hydrogens (tertiary/aromatic N) is 2. The highest BCUT2D eigenvalue weighted by Gasteiger charge is 2.16. The predicted octanol–water partition coefficient (Wildman–Crippen LogP) is 2.48. The van der Waals surface area contributed by atoms with Gasteiger partial charge in [-0.3, -0.25) is 4.68 Å². The van der Waals surface area contributed by atoms with Gasteiger partial charge in [-0.25, -0.2) is 0 Å². The number of rotatable bonds is 4. The summed E-state index contributed by atoms with van der Waals surface area (Å²) in [6.45, 7) is 6.45. The fourth-order valence-corrected chi connectivity index (χ4v) is 2.80. The van der Waals surface area contributed by atoms with E-state index in [1.54, 1.807) is 0 Å². The first-order valence-corrected chi connectivity index (χ1v) is 7.15. The second-order valence-electron chi connectivity index (χ2n) is 5.42. The minimum absolute atomic E-state index is 0.00213. The molecule has 0 saturated heterocycles. The van der Waals surface area contributed by atoms with Crippen molar-refractivity contribution in [2.75, 3.05) is 0 Å². The molecule has 106 valence electrons. The van der Waals surface area contributed by atoms with Crippen LogP contribution in [0.1, 0.15) is 41.0 Å². The van der Waals surface area contributed by atoms with Crippen molar-refractivity contribution in [2.45, 2.75) is 46.1 Å². The molecule has 0 fully saturated rings. The van der Waals surface area contributed by atoms with Gasteiger partial charge in [0.2, 0.25) is 0 Å². The Morgan fingerprint density at radius 1 is 1.30 bits per heavy atom. The van der Waals surface area contributed by atoms with E-state index in [1.165, 1.54) is 22.4 Å². The van der Waals surface area contributed by atoms with Gasteiger partial charge >= 0.3 is 0 Å². The fraction of sp³-hybridized carbons (Fsp3) is 0.438. The number of nitrogens with two attached hydrogens (primary N) is 1. The summed E-state index contributed by atoms with van der Waals surface area (Å²) in [5, 5.41) is 4.47. The monoisotopic (exact) mass is 271 g/mol. The van der Waals surface area contributed by atoms with Gasteiger partial charge in [0, 0.05) is 24.7 Å². The number of benzene rings is 1. The summed E-state index contributed by atoms with van der Waals surface area (Å²) >= 11 is 0. The molecule has 1 aliphatic rings. The van der Waals surface area contributed by atoms with Crippen molar-refractivity contribution in [1.82, 2.24) is 9.78 Å². The lowest BCUT2D eigenvalue weighted by atomic mass is 9.98. The van der Waals surface area contributed by atoms with Gasteiger partial charge in [0.25, 0.3) is 0 Å². The van der Waals surface area contributed by atoms with E-state index in [9.17, 15) is 0 Å². The first-order valence-electron chi connectivity index (χ1n) is 7.15. The molecule has 0 saturated carbocycles. The maximum atomic E-state index is 6.37. The molecule has 2 heterocycles. The Bertz CT molecular complexity index is 618. The summed E-state index contributed by atoms with van der Waals surface area (Å²) in [5.74, 6) is 0. The highest BCUT2D eigenvalue weighted by atomic mass is 16.5. The quantitative estimate of drug-likeness (QED) is 0.929. The highest BCUT2D eigenvalue weighted by Crippen LogP contribution is 2.24. The molecule has 0 amide bonds. The molecule has 1 aromatic carbocycles. The Morgan fingerprint density at radius 2 is 2.10 bits per heavy atom. The van der Waals surface area contributed by atoms with Crippen molar-refractivity contribution in [3.05, 3.63) is 52.3 Å². The third-order valence-corrected chi connectivity index (χ3v) is 3.89. The summed E-state index contributed by atoms with van der Waals surface area (Å²) in [6.07, 6.45) is 0.814. The van der Waals surface area contributed by atoms with Crippen LogP contribution in [0.5, 0.6) is 0 Å². The summed E-state index contributed by atoms with van der Waals surface area (Å²) in [5.41, 5.74) is 12.4. The first kappa shape index (κ1) is 13.3. The molecule has 2 aromatic rings. The Hall–Kier alpha value is -1.65. The SMILES string of the molecule is CCn1nc(C)cc1CC(N)c1ccc2c(c1)COC2. The Labute approximate surface area is 119 Å². The number of aryl methyl sites for hydroxylation is 2. The van der Waals surface area contributed by atoms with E-state index in [-0.39, 0.29) is 6.04 Å². The molecule has 2 N–H and O–H groups in total. The minimum atomic E-state index is 0.00213. The van der Waals surface area contributed by atoms with E-state index in [0.717, 1.165) is 25.3 Å². The molecule has 0 bridgehead atoms. The van der Waals surface area contributed by atoms with E-state index in [4.69, 9.17) is 10.5 Å². The molecule has 4 nitrogen and oxygen atoms in total. The molecule has 1 atom stereocenters. The number of aromatic nitrogens is 2. The lowest BCUT2D eigenvalue weighted by Gasteiger charge is -2.14. The highest BCUT2D eigenvalue weighted by molar-refractivity contribution is 5.35. The van der Waals surface area contributed by atoms with Gasteiger partial charge in [-0.1, -0.05) is 18.2 Å². The smallest absolute Gasteiger partial charge is 0.0725 e. The molecule has 0 aliphatic carbocycles. The number of hydrogen-bond acceptors (Lipinski definition) is 3. The maximum Gasteiger partial charge on any atom is 0.0725 e. The van der Waals surface area contributed by atoms with Crippen LogP contribution >= 0.6 is 0 Å². The third kappa shape index (κ3) is 2.49. The zero-order valence-corrected chi connectivity index (χ0v) is 12.1. The molecule has 0 spiro atoms. The molecule has 20 heavy (non-hydrogen) atoms. The van der Waals surface area contributed by atoms with Gasteiger partial charge in [-0.15, -0.1) is 0 Å². The van der Waals surface area contributed by atoms with E-state index >= 15 is 0 Å². The summed E-state index contributed by atoms with van der Waals surface area (Å²) in [6, 6.07) is 8.58. The van der Waals surface area contributed by atoms with Crippen molar-refractivity contribution in [3.8, 4) is 0 Å². The van der Waals surface area contributed by atoms with Gasteiger partial charge < -0.3 is 10.5 Å². The zero-order chi connectivity index (χ0) is 14.1. The van der Waals surface area contributed by atoms with E-state index in [2.05, 4.69) is 36.3 Å². The molecule has 1 aromatic heterocycles. The van der Waals surface area contributed by atoms with Crippen LogP contribution in [-0.2, 0) is 30.9 Å². The summed E-state index contributed by atoms with van der Waals surface area (Å²) in [7, 11) is 0. The van der Waals surface area contributed by atoms with Gasteiger partial charge in [0.15, 0.2) is 0 Å². The lowest BCUT2D eigenvalue weighted by Crippen LogP contribution is -2.16. The Balaban J connectivity index is 1.80. The molecule has 3 rings (SSSR count). The second kappa shape index (κ2) is 5.38. The van der Waals surface area contributed by atoms with Crippen LogP contribution in [0.2, 0.25) is 0 Å². The normalized spacial score (nSPS) is 15.3. The van der Waals surface area contributed by atoms with Crippen molar-refractivity contribution in [2.24, 2.45) is 5.73 Å². The van der Waals surface area contributed by atoms with Crippen molar-refractivity contribution in [1.29, 1.82) is 0 Å². The number of ether oxygens (including phenoxy) is 1. The van der Waals surface area contributed by atoms with E-state index in [0.29, 0.717) is 6.61 Å². The van der Waals surface area contributed by atoms with Crippen LogP contribution in [0.15, 0.2) is 24.3 Å². The van der Waals surface area contributed by atoms with Crippen LogP contribution in [0.4, 0.5) is 0 Å². The van der Waals surface area contributed by atoms with Crippen LogP contribution in [0.25, 0.3) is 0 Å². The first-order chi connectivity index (χ1) is 9.67. The number of fused-ring (bicyclic) bond motifs is 1. The van der Waals surface area contributed by atoms with Gasteiger partial charge in [-0.2, -0.15) is 5.10 Å². The predicted molar refractivity (Wildman–Crippen MR) is 78.2 cm³/mol.